The molecule has 2 atom stereocenters. The first-order valence-electron chi connectivity index (χ1n) is 7.56. The van der Waals surface area contributed by atoms with E-state index in [1.54, 1.807) is 18.7 Å². The van der Waals surface area contributed by atoms with Gasteiger partial charge in [0.15, 0.2) is 0 Å². The first-order valence-corrected chi connectivity index (χ1v) is 7.56. The maximum absolute atomic E-state index is 12.6. The van der Waals surface area contributed by atoms with Crippen molar-refractivity contribution in [1.82, 2.24) is 10.2 Å². The van der Waals surface area contributed by atoms with Gasteiger partial charge >= 0.3 is 0 Å². The molecule has 5 heteroatoms. The highest BCUT2D eigenvalue weighted by Gasteiger charge is 2.47. The van der Waals surface area contributed by atoms with Gasteiger partial charge in [-0.1, -0.05) is 27.2 Å². The zero-order chi connectivity index (χ0) is 15.3. The Morgan fingerprint density at radius 3 is 2.50 bits per heavy atom. The molecule has 1 heterocycles. The van der Waals surface area contributed by atoms with Crippen molar-refractivity contribution in [2.24, 2.45) is 5.92 Å². The molecule has 0 bridgehead atoms. The molecule has 0 aromatic rings. The number of piperazine rings is 1. The summed E-state index contributed by atoms with van der Waals surface area (Å²) in [7, 11) is 0. The zero-order valence-electron chi connectivity index (χ0n) is 13.4. The molecule has 0 spiro atoms. The number of hydrogen-bond acceptors (Lipinski definition) is 3. The number of nitrogens with one attached hydrogen (secondary N) is 1. The van der Waals surface area contributed by atoms with E-state index in [1.165, 1.54) is 0 Å². The summed E-state index contributed by atoms with van der Waals surface area (Å²) in [6, 6.07) is -0.410. The lowest BCUT2D eigenvalue weighted by molar-refractivity contribution is -0.157. The van der Waals surface area contributed by atoms with Crippen molar-refractivity contribution in [2.75, 3.05) is 19.8 Å². The number of amides is 2. The summed E-state index contributed by atoms with van der Waals surface area (Å²) in [5.74, 6) is 0.0588. The molecule has 0 aromatic carbocycles. The first kappa shape index (κ1) is 17.0. The molecule has 1 rings (SSSR count). The van der Waals surface area contributed by atoms with Gasteiger partial charge in [-0.05, 0) is 26.2 Å². The number of hydrogen-bond donors (Lipinski definition) is 1. The molecule has 116 valence electrons. The van der Waals surface area contributed by atoms with E-state index >= 15 is 0 Å². The lowest BCUT2D eigenvalue weighted by Crippen LogP contribution is -2.69. The minimum atomic E-state index is -0.809. The predicted octanol–water partition coefficient (Wildman–Crippen LogP) is 1.56. The van der Waals surface area contributed by atoms with E-state index in [-0.39, 0.29) is 17.7 Å². The van der Waals surface area contributed by atoms with Crippen LogP contribution in [-0.2, 0) is 14.3 Å². The third-order valence-electron chi connectivity index (χ3n) is 4.07. The van der Waals surface area contributed by atoms with Gasteiger partial charge in [-0.3, -0.25) is 9.59 Å². The first-order chi connectivity index (χ1) is 9.36. The van der Waals surface area contributed by atoms with E-state index in [4.69, 9.17) is 4.74 Å². The molecule has 2 unspecified atom stereocenters. The number of carbonyl (C=O) groups is 2. The highest BCUT2D eigenvalue weighted by molar-refractivity contribution is 5.99. The summed E-state index contributed by atoms with van der Waals surface area (Å²) >= 11 is 0. The number of nitrogens with zero attached hydrogens (tertiary/aromatic N) is 1. The van der Waals surface area contributed by atoms with Crippen molar-refractivity contribution >= 4 is 11.8 Å². The minimum Gasteiger partial charge on any atom is -0.380 e. The Hall–Kier alpha value is -1.10. The number of carbonyl (C=O) groups excluding carboxylic acids is 2. The lowest BCUT2D eigenvalue weighted by atomic mass is 9.89. The van der Waals surface area contributed by atoms with Crippen LogP contribution in [0.1, 0.15) is 47.5 Å². The Labute approximate surface area is 122 Å². The van der Waals surface area contributed by atoms with Crippen LogP contribution in [-0.4, -0.2) is 48.1 Å². The molecule has 0 aliphatic carbocycles. The van der Waals surface area contributed by atoms with Crippen molar-refractivity contribution in [1.29, 1.82) is 0 Å². The molecule has 1 fully saturated rings. The van der Waals surface area contributed by atoms with Crippen LogP contribution in [0.4, 0.5) is 0 Å². The summed E-state index contributed by atoms with van der Waals surface area (Å²) in [5.41, 5.74) is -0.809. The van der Waals surface area contributed by atoms with Gasteiger partial charge in [-0.2, -0.15) is 0 Å². The topological polar surface area (TPSA) is 58.6 Å². The third kappa shape index (κ3) is 3.51. The van der Waals surface area contributed by atoms with E-state index in [9.17, 15) is 9.59 Å². The average Bonchev–Trinajstić information content (AvgIpc) is 2.41. The van der Waals surface area contributed by atoms with Crippen LogP contribution in [0.25, 0.3) is 0 Å². The SMILES string of the molecule is CCCOCCN1C(=O)C(C(C)CC)NC(=O)C1(C)C. The molecule has 0 saturated carbocycles. The van der Waals surface area contributed by atoms with Gasteiger partial charge in [-0.15, -0.1) is 0 Å². The monoisotopic (exact) mass is 284 g/mol. The van der Waals surface area contributed by atoms with Crippen molar-refractivity contribution in [3.8, 4) is 0 Å². The second kappa shape index (κ2) is 7.07. The van der Waals surface area contributed by atoms with Gasteiger partial charge in [0, 0.05) is 13.2 Å². The number of rotatable bonds is 7. The molecule has 2 amide bonds. The molecule has 1 aliphatic heterocycles. The summed E-state index contributed by atoms with van der Waals surface area (Å²) < 4.78 is 5.46. The van der Waals surface area contributed by atoms with Crippen LogP contribution in [0.2, 0.25) is 0 Å². The maximum atomic E-state index is 12.6. The van der Waals surface area contributed by atoms with Gasteiger partial charge in [-0.25, -0.2) is 0 Å². The molecule has 20 heavy (non-hydrogen) atoms. The van der Waals surface area contributed by atoms with Crippen LogP contribution >= 0.6 is 0 Å². The van der Waals surface area contributed by atoms with Crippen LogP contribution in [0.3, 0.4) is 0 Å². The highest BCUT2D eigenvalue weighted by atomic mass is 16.5. The Morgan fingerprint density at radius 1 is 1.30 bits per heavy atom. The van der Waals surface area contributed by atoms with Crippen molar-refractivity contribution in [2.45, 2.75) is 59.0 Å². The molecule has 0 aromatic heterocycles. The van der Waals surface area contributed by atoms with Crippen LogP contribution in [0.5, 0.6) is 0 Å². The Morgan fingerprint density at radius 2 is 1.95 bits per heavy atom. The Balaban J connectivity index is 2.79. The molecule has 1 N–H and O–H groups in total. The summed E-state index contributed by atoms with van der Waals surface area (Å²) in [4.78, 5) is 26.5. The molecular weight excluding hydrogens is 256 g/mol. The van der Waals surface area contributed by atoms with E-state index < -0.39 is 11.6 Å². The molecule has 1 aliphatic rings. The molecular formula is C15H28N2O3. The van der Waals surface area contributed by atoms with Crippen LogP contribution in [0, 0.1) is 5.92 Å². The largest absolute Gasteiger partial charge is 0.380 e. The van der Waals surface area contributed by atoms with Crippen LogP contribution < -0.4 is 5.32 Å². The minimum absolute atomic E-state index is 0.00375. The highest BCUT2D eigenvalue weighted by Crippen LogP contribution is 2.24. The van der Waals surface area contributed by atoms with Crippen molar-refractivity contribution in [3.63, 3.8) is 0 Å². The van der Waals surface area contributed by atoms with E-state index in [1.807, 2.05) is 20.8 Å². The van der Waals surface area contributed by atoms with E-state index in [2.05, 4.69) is 5.32 Å². The normalized spacial score (nSPS) is 23.6. The van der Waals surface area contributed by atoms with Gasteiger partial charge in [0.2, 0.25) is 11.8 Å². The third-order valence-corrected chi connectivity index (χ3v) is 4.07. The van der Waals surface area contributed by atoms with Gasteiger partial charge < -0.3 is 15.0 Å². The van der Waals surface area contributed by atoms with Crippen molar-refractivity contribution in [3.05, 3.63) is 0 Å². The lowest BCUT2D eigenvalue weighted by Gasteiger charge is -2.45. The fraction of sp³-hybridized carbons (Fsp3) is 0.867. The van der Waals surface area contributed by atoms with Crippen molar-refractivity contribution < 1.29 is 14.3 Å². The molecule has 5 nitrogen and oxygen atoms in total. The smallest absolute Gasteiger partial charge is 0.246 e. The standard InChI is InChI=1S/C15H28N2O3/c1-6-9-20-10-8-17-13(18)12(11(3)7-2)16-14(19)15(17,4)5/h11-12H,6-10H2,1-5H3,(H,16,19). The van der Waals surface area contributed by atoms with Crippen LogP contribution in [0.15, 0.2) is 0 Å². The quantitative estimate of drug-likeness (QED) is 0.722. The predicted molar refractivity (Wildman–Crippen MR) is 78.3 cm³/mol. The molecule has 1 saturated heterocycles. The Bertz CT molecular complexity index is 355. The maximum Gasteiger partial charge on any atom is 0.246 e. The summed E-state index contributed by atoms with van der Waals surface area (Å²) in [6.07, 6.45) is 1.81. The zero-order valence-corrected chi connectivity index (χ0v) is 13.4. The van der Waals surface area contributed by atoms with Gasteiger partial charge in [0.05, 0.1) is 6.61 Å². The summed E-state index contributed by atoms with van der Waals surface area (Å²) in [6.45, 7) is 11.3. The average molecular weight is 284 g/mol. The number of ether oxygens (including phenoxy) is 1. The molecule has 0 radical (unpaired) electrons. The van der Waals surface area contributed by atoms with E-state index in [0.717, 1.165) is 12.8 Å². The van der Waals surface area contributed by atoms with Gasteiger partial charge in [0.1, 0.15) is 11.6 Å². The fourth-order valence-corrected chi connectivity index (χ4v) is 2.36. The second-order valence-corrected chi connectivity index (χ2v) is 6.00. The van der Waals surface area contributed by atoms with Gasteiger partial charge in [0.25, 0.3) is 0 Å². The summed E-state index contributed by atoms with van der Waals surface area (Å²) in [5, 5.41) is 2.87. The Kier molecular flexibility index (Phi) is 5.99. The fourth-order valence-electron chi connectivity index (χ4n) is 2.36. The second-order valence-electron chi connectivity index (χ2n) is 6.00. The van der Waals surface area contributed by atoms with E-state index in [0.29, 0.717) is 19.8 Å².